The molecule has 0 spiro atoms. The van der Waals surface area contributed by atoms with Crippen molar-refractivity contribution in [3.8, 4) is 0 Å². The summed E-state index contributed by atoms with van der Waals surface area (Å²) in [5.41, 5.74) is 6.83. The predicted octanol–water partition coefficient (Wildman–Crippen LogP) is 0.831. The van der Waals surface area contributed by atoms with Gasteiger partial charge in [0.15, 0.2) is 5.76 Å². The number of anilines is 1. The van der Waals surface area contributed by atoms with Gasteiger partial charge < -0.3 is 15.6 Å². The molecule has 0 aliphatic heterocycles. The lowest BCUT2D eigenvalue weighted by Gasteiger charge is -2.06. The first-order valence-corrected chi connectivity index (χ1v) is 4.57. The summed E-state index contributed by atoms with van der Waals surface area (Å²) in [6.45, 7) is 5.32. The monoisotopic (exact) mass is 197 g/mol. The molecule has 0 saturated carbocycles. The molecule has 78 valence electrons. The molecule has 1 rings (SSSR count). The zero-order valence-corrected chi connectivity index (χ0v) is 8.63. The third kappa shape index (κ3) is 2.11. The van der Waals surface area contributed by atoms with Gasteiger partial charge in [0.05, 0.1) is 6.04 Å². The van der Waals surface area contributed by atoms with E-state index in [-0.39, 0.29) is 5.91 Å². The van der Waals surface area contributed by atoms with E-state index in [0.29, 0.717) is 17.9 Å². The molecular formula is C9H15N3O2. The van der Waals surface area contributed by atoms with Crippen LogP contribution in [0.3, 0.4) is 0 Å². The lowest BCUT2D eigenvalue weighted by Crippen LogP contribution is -2.32. The van der Waals surface area contributed by atoms with Gasteiger partial charge in [0, 0.05) is 0 Å². The normalized spacial score (nSPS) is 12.6. The molecule has 5 heteroatoms. The molecule has 1 unspecified atom stereocenters. The van der Waals surface area contributed by atoms with E-state index in [1.165, 1.54) is 0 Å². The number of nitrogens with zero attached hydrogens (tertiary/aromatic N) is 1. The number of carbonyl (C=O) groups is 1. The lowest BCUT2D eigenvalue weighted by molar-refractivity contribution is -0.117. The number of rotatable bonds is 3. The Hall–Kier alpha value is -1.36. The number of aromatic nitrogens is 1. The highest BCUT2D eigenvalue weighted by Crippen LogP contribution is 2.20. The van der Waals surface area contributed by atoms with Gasteiger partial charge in [-0.25, -0.2) is 0 Å². The molecule has 0 aromatic carbocycles. The predicted molar refractivity (Wildman–Crippen MR) is 52.9 cm³/mol. The van der Waals surface area contributed by atoms with Crippen LogP contribution in [0.15, 0.2) is 4.52 Å². The first-order chi connectivity index (χ1) is 6.56. The minimum atomic E-state index is -0.533. The second-order valence-electron chi connectivity index (χ2n) is 3.19. The maximum Gasteiger partial charge on any atom is 0.241 e. The molecule has 0 saturated heterocycles. The fourth-order valence-corrected chi connectivity index (χ4v) is 1.06. The fourth-order valence-electron chi connectivity index (χ4n) is 1.06. The Bertz CT molecular complexity index is 331. The Morgan fingerprint density at radius 3 is 2.86 bits per heavy atom. The number of amides is 1. The van der Waals surface area contributed by atoms with Crippen LogP contribution in [0, 0.1) is 6.92 Å². The molecule has 1 amide bonds. The van der Waals surface area contributed by atoms with Crippen molar-refractivity contribution in [3.63, 3.8) is 0 Å². The minimum absolute atomic E-state index is 0.231. The highest BCUT2D eigenvalue weighted by atomic mass is 16.5. The molecule has 1 atom stereocenters. The maximum atomic E-state index is 11.3. The van der Waals surface area contributed by atoms with Crippen LogP contribution >= 0.6 is 0 Å². The van der Waals surface area contributed by atoms with Gasteiger partial charge in [-0.05, 0) is 20.3 Å². The van der Waals surface area contributed by atoms with E-state index in [1.807, 2.05) is 6.92 Å². The summed E-state index contributed by atoms with van der Waals surface area (Å²) in [6.07, 6.45) is 0.714. The highest BCUT2D eigenvalue weighted by molar-refractivity contribution is 5.95. The molecular weight excluding hydrogens is 182 g/mol. The zero-order chi connectivity index (χ0) is 10.7. The van der Waals surface area contributed by atoms with Crippen molar-refractivity contribution >= 4 is 11.6 Å². The van der Waals surface area contributed by atoms with E-state index in [4.69, 9.17) is 10.3 Å². The topological polar surface area (TPSA) is 81.2 Å². The smallest absolute Gasteiger partial charge is 0.241 e. The van der Waals surface area contributed by atoms with E-state index >= 15 is 0 Å². The average Bonchev–Trinajstić information content (AvgIpc) is 2.47. The van der Waals surface area contributed by atoms with Crippen molar-refractivity contribution in [3.05, 3.63) is 11.5 Å². The van der Waals surface area contributed by atoms with Crippen LogP contribution in [-0.2, 0) is 11.2 Å². The quantitative estimate of drug-likeness (QED) is 0.752. The van der Waals surface area contributed by atoms with Gasteiger partial charge in [-0.1, -0.05) is 12.1 Å². The standard InChI is InChI=1S/C9H15N3O2/c1-4-7-8(6(3)14-12-7)11-9(13)5(2)10/h5H,4,10H2,1-3H3,(H,11,13). The van der Waals surface area contributed by atoms with Crippen LogP contribution in [0.2, 0.25) is 0 Å². The highest BCUT2D eigenvalue weighted by Gasteiger charge is 2.15. The van der Waals surface area contributed by atoms with Gasteiger partial charge in [0.1, 0.15) is 11.4 Å². The summed E-state index contributed by atoms with van der Waals surface area (Å²) in [6, 6.07) is -0.533. The van der Waals surface area contributed by atoms with E-state index in [9.17, 15) is 4.79 Å². The summed E-state index contributed by atoms with van der Waals surface area (Å²) in [5.74, 6) is 0.377. The fraction of sp³-hybridized carbons (Fsp3) is 0.556. The zero-order valence-electron chi connectivity index (χ0n) is 8.63. The lowest BCUT2D eigenvalue weighted by atomic mass is 10.2. The van der Waals surface area contributed by atoms with Crippen LogP contribution in [0.4, 0.5) is 5.69 Å². The third-order valence-corrected chi connectivity index (χ3v) is 1.93. The molecule has 0 bridgehead atoms. The van der Waals surface area contributed by atoms with Crippen LogP contribution in [-0.4, -0.2) is 17.1 Å². The summed E-state index contributed by atoms with van der Waals surface area (Å²) in [5, 5.41) is 6.51. The molecule has 0 radical (unpaired) electrons. The van der Waals surface area contributed by atoms with E-state index < -0.39 is 6.04 Å². The summed E-state index contributed by atoms with van der Waals surface area (Å²) >= 11 is 0. The first kappa shape index (κ1) is 10.7. The number of hydrogen-bond donors (Lipinski definition) is 2. The summed E-state index contributed by atoms with van der Waals surface area (Å²) in [4.78, 5) is 11.3. The number of aryl methyl sites for hydroxylation is 2. The van der Waals surface area contributed by atoms with E-state index in [0.717, 1.165) is 5.69 Å². The molecule has 1 heterocycles. The van der Waals surface area contributed by atoms with Crippen molar-refractivity contribution in [1.29, 1.82) is 0 Å². The Kier molecular flexibility index (Phi) is 3.24. The molecule has 5 nitrogen and oxygen atoms in total. The first-order valence-electron chi connectivity index (χ1n) is 4.57. The summed E-state index contributed by atoms with van der Waals surface area (Å²) < 4.78 is 4.96. The molecule has 14 heavy (non-hydrogen) atoms. The van der Waals surface area contributed by atoms with Crippen molar-refractivity contribution in [2.45, 2.75) is 33.2 Å². The van der Waals surface area contributed by atoms with Gasteiger partial charge in [-0.3, -0.25) is 4.79 Å². The Balaban J connectivity index is 2.84. The second-order valence-corrected chi connectivity index (χ2v) is 3.19. The Morgan fingerprint density at radius 1 is 1.71 bits per heavy atom. The van der Waals surface area contributed by atoms with Gasteiger partial charge in [0.2, 0.25) is 5.91 Å². The molecule has 1 aromatic rings. The number of hydrogen-bond acceptors (Lipinski definition) is 4. The van der Waals surface area contributed by atoms with Gasteiger partial charge >= 0.3 is 0 Å². The van der Waals surface area contributed by atoms with Gasteiger partial charge in [0.25, 0.3) is 0 Å². The Labute approximate surface area is 82.6 Å². The van der Waals surface area contributed by atoms with Crippen LogP contribution < -0.4 is 11.1 Å². The molecule has 0 aliphatic carbocycles. The molecule has 3 N–H and O–H groups in total. The average molecular weight is 197 g/mol. The van der Waals surface area contributed by atoms with Crippen LogP contribution in [0.1, 0.15) is 25.3 Å². The largest absolute Gasteiger partial charge is 0.359 e. The number of nitrogens with two attached hydrogens (primary N) is 1. The Morgan fingerprint density at radius 2 is 2.36 bits per heavy atom. The SMILES string of the molecule is CCc1noc(C)c1NC(=O)C(C)N. The minimum Gasteiger partial charge on any atom is -0.359 e. The van der Waals surface area contributed by atoms with E-state index in [2.05, 4.69) is 10.5 Å². The van der Waals surface area contributed by atoms with Crippen molar-refractivity contribution in [1.82, 2.24) is 5.16 Å². The van der Waals surface area contributed by atoms with Crippen LogP contribution in [0.25, 0.3) is 0 Å². The second kappa shape index (κ2) is 4.23. The van der Waals surface area contributed by atoms with Crippen LogP contribution in [0.5, 0.6) is 0 Å². The number of nitrogens with one attached hydrogen (secondary N) is 1. The van der Waals surface area contributed by atoms with Crippen molar-refractivity contribution < 1.29 is 9.32 Å². The van der Waals surface area contributed by atoms with Crippen molar-refractivity contribution in [2.75, 3.05) is 5.32 Å². The third-order valence-electron chi connectivity index (χ3n) is 1.93. The molecule has 0 aliphatic rings. The van der Waals surface area contributed by atoms with Gasteiger partial charge in [-0.2, -0.15) is 0 Å². The summed E-state index contributed by atoms with van der Waals surface area (Å²) in [7, 11) is 0. The van der Waals surface area contributed by atoms with Gasteiger partial charge in [-0.15, -0.1) is 0 Å². The molecule has 0 fully saturated rings. The van der Waals surface area contributed by atoms with E-state index in [1.54, 1.807) is 13.8 Å². The molecule has 1 aromatic heterocycles. The maximum absolute atomic E-state index is 11.3. The van der Waals surface area contributed by atoms with Crippen molar-refractivity contribution in [2.24, 2.45) is 5.73 Å². The number of carbonyl (C=O) groups excluding carboxylic acids is 1.